The maximum absolute atomic E-state index is 13.6. The van der Waals surface area contributed by atoms with Gasteiger partial charge in [0.25, 0.3) is 5.56 Å². The van der Waals surface area contributed by atoms with Crippen LogP contribution in [0, 0.1) is 0 Å². The van der Waals surface area contributed by atoms with Crippen LogP contribution in [-0.2, 0) is 10.0 Å². The fourth-order valence-electron chi connectivity index (χ4n) is 4.59. The van der Waals surface area contributed by atoms with E-state index in [9.17, 15) is 23.1 Å². The van der Waals surface area contributed by atoms with Gasteiger partial charge in [-0.25, -0.2) is 13.2 Å². The molecule has 2 aromatic heterocycles. The zero-order valence-corrected chi connectivity index (χ0v) is 17.9. The van der Waals surface area contributed by atoms with E-state index in [-0.39, 0.29) is 33.4 Å². The first kappa shape index (κ1) is 20.2. The zero-order valence-electron chi connectivity index (χ0n) is 17.1. The lowest BCUT2D eigenvalue weighted by molar-refractivity contribution is 0.0699. The van der Waals surface area contributed by atoms with Gasteiger partial charge in [-0.2, -0.15) is 4.31 Å². The van der Waals surface area contributed by atoms with E-state index >= 15 is 0 Å². The van der Waals surface area contributed by atoms with Crippen molar-refractivity contribution in [3.05, 3.63) is 40.3 Å². The monoisotopic (exact) mass is 444 g/mol. The third-order valence-corrected chi connectivity index (χ3v) is 8.38. The van der Waals surface area contributed by atoms with Gasteiger partial charge >= 0.3 is 5.97 Å². The third-order valence-electron chi connectivity index (χ3n) is 6.47. The minimum absolute atomic E-state index is 0.00661. The average molecular weight is 445 g/mol. The number of fused-ring (bicyclic) bond motifs is 3. The number of benzene rings is 1. The van der Waals surface area contributed by atoms with Crippen LogP contribution in [0.15, 0.2) is 34.1 Å². The number of likely N-dealkylation sites (N-methyl/N-ethyl adjacent to an activating group) is 1. The predicted molar refractivity (Wildman–Crippen MR) is 116 cm³/mol. The number of nitrogens with one attached hydrogen (secondary N) is 2. The maximum Gasteiger partial charge on any atom is 0.337 e. The molecule has 1 aromatic carbocycles. The van der Waals surface area contributed by atoms with Crippen molar-refractivity contribution >= 4 is 37.8 Å². The largest absolute Gasteiger partial charge is 0.478 e. The van der Waals surface area contributed by atoms with Gasteiger partial charge in [-0.3, -0.25) is 4.79 Å². The number of rotatable bonds is 6. The molecule has 2 fully saturated rings. The summed E-state index contributed by atoms with van der Waals surface area (Å²) < 4.78 is 28.9. The number of likely N-dealkylation sites (tertiary alicyclic amines) is 1. The molecule has 164 valence electrons. The lowest BCUT2D eigenvalue weighted by Crippen LogP contribution is -2.42. The molecule has 31 heavy (non-hydrogen) atoms. The fraction of sp³-hybridized carbons (Fsp3) is 0.429. The van der Waals surface area contributed by atoms with Crippen LogP contribution in [-0.4, -0.2) is 70.9 Å². The number of aromatic amines is 2. The molecule has 3 aromatic rings. The number of sulfonamides is 1. The molecular weight excluding hydrogens is 420 g/mol. The van der Waals surface area contributed by atoms with Gasteiger partial charge in [0, 0.05) is 41.1 Å². The van der Waals surface area contributed by atoms with E-state index < -0.39 is 21.6 Å². The molecule has 10 heteroatoms. The summed E-state index contributed by atoms with van der Waals surface area (Å²) in [6.07, 6.45) is 4.99. The van der Waals surface area contributed by atoms with Crippen molar-refractivity contribution in [2.45, 2.75) is 42.7 Å². The Morgan fingerprint density at radius 3 is 2.71 bits per heavy atom. The van der Waals surface area contributed by atoms with Crippen molar-refractivity contribution in [3.8, 4) is 0 Å². The Hall–Kier alpha value is -2.69. The Morgan fingerprint density at radius 1 is 1.29 bits per heavy atom. The molecule has 0 radical (unpaired) electrons. The van der Waals surface area contributed by atoms with Gasteiger partial charge in [-0.1, -0.05) is 0 Å². The topological polar surface area (TPSA) is 127 Å². The number of carbonyl (C=O) groups is 1. The zero-order chi connectivity index (χ0) is 21.9. The Labute approximate surface area is 178 Å². The highest BCUT2D eigenvalue weighted by molar-refractivity contribution is 7.89. The predicted octanol–water partition coefficient (Wildman–Crippen LogP) is 1.95. The Morgan fingerprint density at radius 2 is 2.06 bits per heavy atom. The van der Waals surface area contributed by atoms with E-state index in [1.54, 1.807) is 4.31 Å². The first-order valence-corrected chi connectivity index (χ1v) is 11.8. The van der Waals surface area contributed by atoms with Crippen molar-refractivity contribution in [2.75, 3.05) is 20.1 Å². The van der Waals surface area contributed by atoms with Gasteiger partial charge in [0.2, 0.25) is 10.0 Å². The molecule has 9 nitrogen and oxygen atoms in total. The van der Waals surface area contributed by atoms with E-state index in [1.807, 2.05) is 7.05 Å². The summed E-state index contributed by atoms with van der Waals surface area (Å²) >= 11 is 0. The molecule has 3 heterocycles. The van der Waals surface area contributed by atoms with Crippen molar-refractivity contribution in [3.63, 3.8) is 0 Å². The standard InChI is InChI=1S/C21H24N4O5S/c1-24-8-2-3-13(24)11-25(12-4-5-12)31(29,30)14-6-7-17-15(9-14)18-16(21(27)28)10-22-19(18)20(26)23-17/h6-7,9-10,12-13,22H,2-5,8,11H2,1H3,(H,23,26)(H,27,28). The summed E-state index contributed by atoms with van der Waals surface area (Å²) in [6, 6.07) is 4.71. The second-order valence-electron chi connectivity index (χ2n) is 8.50. The van der Waals surface area contributed by atoms with Crippen molar-refractivity contribution in [2.24, 2.45) is 0 Å². The summed E-state index contributed by atoms with van der Waals surface area (Å²) in [5, 5.41) is 10.2. The van der Waals surface area contributed by atoms with Crippen molar-refractivity contribution in [1.82, 2.24) is 19.2 Å². The highest BCUT2D eigenvalue weighted by Gasteiger charge is 2.40. The number of nitrogens with zero attached hydrogens (tertiary/aromatic N) is 2. The molecule has 3 N–H and O–H groups in total. The number of hydrogen-bond donors (Lipinski definition) is 3. The van der Waals surface area contributed by atoms with E-state index in [4.69, 9.17) is 0 Å². The van der Waals surface area contributed by atoms with Crippen LogP contribution < -0.4 is 5.56 Å². The molecule has 1 unspecified atom stereocenters. The van der Waals surface area contributed by atoms with Crippen LogP contribution >= 0.6 is 0 Å². The SMILES string of the molecule is CN1CCCC1CN(C1CC1)S(=O)(=O)c1ccc2[nH]c(=O)c3[nH]cc(C(=O)O)c3c2c1. The number of aromatic carboxylic acids is 1. The Bertz CT molecular complexity index is 1360. The molecule has 0 bridgehead atoms. The van der Waals surface area contributed by atoms with Gasteiger partial charge in [-0.15, -0.1) is 0 Å². The summed E-state index contributed by atoms with van der Waals surface area (Å²) in [6.45, 7) is 1.42. The number of hydrogen-bond acceptors (Lipinski definition) is 5. The summed E-state index contributed by atoms with van der Waals surface area (Å²) in [4.78, 5) is 31.7. The quantitative estimate of drug-likeness (QED) is 0.533. The molecule has 2 aliphatic rings. The van der Waals surface area contributed by atoms with Gasteiger partial charge in [0.15, 0.2) is 0 Å². The van der Waals surface area contributed by atoms with E-state index in [0.717, 1.165) is 32.2 Å². The van der Waals surface area contributed by atoms with Crippen LogP contribution in [0.1, 0.15) is 36.0 Å². The lowest BCUT2D eigenvalue weighted by Gasteiger charge is -2.28. The van der Waals surface area contributed by atoms with Gasteiger partial charge in [0.05, 0.1) is 10.5 Å². The normalized spacial score (nSPS) is 20.3. The number of pyridine rings is 1. The van der Waals surface area contributed by atoms with Crippen LogP contribution in [0.3, 0.4) is 0 Å². The van der Waals surface area contributed by atoms with E-state index in [2.05, 4.69) is 14.9 Å². The molecule has 5 rings (SSSR count). The minimum Gasteiger partial charge on any atom is -0.478 e. The van der Waals surface area contributed by atoms with Gasteiger partial charge < -0.3 is 20.0 Å². The van der Waals surface area contributed by atoms with Crippen LogP contribution in [0.5, 0.6) is 0 Å². The highest BCUT2D eigenvalue weighted by atomic mass is 32.2. The molecule has 0 amide bonds. The van der Waals surface area contributed by atoms with E-state index in [1.165, 1.54) is 24.4 Å². The Kier molecular flexibility index (Phi) is 4.68. The molecule has 1 saturated heterocycles. The number of carboxylic acids is 1. The smallest absolute Gasteiger partial charge is 0.337 e. The average Bonchev–Trinajstić information content (AvgIpc) is 3.31. The second-order valence-corrected chi connectivity index (χ2v) is 10.4. The summed E-state index contributed by atoms with van der Waals surface area (Å²) in [7, 11) is -1.75. The minimum atomic E-state index is -3.78. The van der Waals surface area contributed by atoms with Gasteiger partial charge in [0.1, 0.15) is 5.52 Å². The molecule has 1 atom stereocenters. The molecule has 0 spiro atoms. The Balaban J connectivity index is 1.64. The van der Waals surface area contributed by atoms with Gasteiger partial charge in [-0.05, 0) is 57.5 Å². The third kappa shape index (κ3) is 3.35. The van der Waals surface area contributed by atoms with Crippen molar-refractivity contribution < 1.29 is 18.3 Å². The molecule has 1 aliphatic carbocycles. The van der Waals surface area contributed by atoms with Crippen LogP contribution in [0.25, 0.3) is 21.8 Å². The molecule has 1 saturated carbocycles. The number of H-pyrrole nitrogens is 2. The van der Waals surface area contributed by atoms with Crippen LogP contribution in [0.2, 0.25) is 0 Å². The van der Waals surface area contributed by atoms with Crippen molar-refractivity contribution in [1.29, 1.82) is 0 Å². The number of carboxylic acid groups (broad SMARTS) is 1. The second kappa shape index (κ2) is 7.18. The van der Waals surface area contributed by atoms with E-state index in [0.29, 0.717) is 17.4 Å². The maximum atomic E-state index is 13.6. The first-order valence-electron chi connectivity index (χ1n) is 10.4. The summed E-state index contributed by atoms with van der Waals surface area (Å²) in [5.74, 6) is -1.18. The van der Waals surface area contributed by atoms with Crippen LogP contribution in [0.4, 0.5) is 0 Å². The molecular formula is C21H24N4O5S. The fourth-order valence-corrected chi connectivity index (χ4v) is 6.34. The number of aromatic nitrogens is 2. The molecule has 1 aliphatic heterocycles. The highest BCUT2D eigenvalue weighted by Crippen LogP contribution is 2.35. The lowest BCUT2D eigenvalue weighted by atomic mass is 10.1. The summed E-state index contributed by atoms with van der Waals surface area (Å²) in [5.41, 5.74) is -0.000104. The first-order chi connectivity index (χ1) is 14.8.